The summed E-state index contributed by atoms with van der Waals surface area (Å²) in [6, 6.07) is 7.22. The Balaban J connectivity index is 1.84. The van der Waals surface area contributed by atoms with Crippen molar-refractivity contribution < 1.29 is 27.9 Å². The fraction of sp³-hybridized carbons (Fsp3) is 0.364. The second kappa shape index (κ2) is 8.88. The largest absolute Gasteiger partial charge is 0.393 e. The Morgan fingerprint density at radius 3 is 2.58 bits per heavy atom. The summed E-state index contributed by atoms with van der Waals surface area (Å²) < 4.78 is 43.6. The van der Waals surface area contributed by atoms with Gasteiger partial charge < -0.3 is 15.3 Å². The number of benzene rings is 2. The van der Waals surface area contributed by atoms with Gasteiger partial charge in [-0.15, -0.1) is 0 Å². The molecule has 2 N–H and O–H groups in total. The van der Waals surface area contributed by atoms with Gasteiger partial charge in [0.2, 0.25) is 0 Å². The lowest BCUT2D eigenvalue weighted by atomic mass is 9.95. The number of carbonyl (C=O) groups excluding carboxylic acids is 2. The predicted octanol–water partition coefficient (Wildman–Crippen LogP) is 4.36. The highest BCUT2D eigenvalue weighted by molar-refractivity contribution is 6.32. The van der Waals surface area contributed by atoms with Crippen molar-refractivity contribution in [1.29, 1.82) is 0 Å². The van der Waals surface area contributed by atoms with Crippen LogP contribution in [0.1, 0.15) is 34.8 Å². The van der Waals surface area contributed by atoms with E-state index in [2.05, 4.69) is 5.32 Å². The zero-order valence-corrected chi connectivity index (χ0v) is 17.7. The number of nitrogens with zero attached hydrogens (tertiary/aromatic N) is 1. The van der Waals surface area contributed by atoms with Crippen LogP contribution in [-0.2, 0) is 10.7 Å². The van der Waals surface area contributed by atoms with Crippen molar-refractivity contribution in [3.05, 3.63) is 63.9 Å². The minimum atomic E-state index is -3.96. The second-order valence-corrected chi connectivity index (χ2v) is 8.18. The Morgan fingerprint density at radius 2 is 1.94 bits per heavy atom. The van der Waals surface area contributed by atoms with Gasteiger partial charge in [0.05, 0.1) is 16.7 Å². The Labute approximate surface area is 182 Å². The lowest BCUT2D eigenvalue weighted by molar-refractivity contribution is -0.162. The van der Waals surface area contributed by atoms with Crippen molar-refractivity contribution >= 4 is 29.1 Å². The molecule has 2 aromatic carbocycles. The Bertz CT molecular complexity index is 1020. The molecule has 0 aliphatic carbocycles. The molecule has 2 amide bonds. The first-order chi connectivity index (χ1) is 14.5. The predicted molar refractivity (Wildman–Crippen MR) is 111 cm³/mol. The van der Waals surface area contributed by atoms with Gasteiger partial charge in [-0.3, -0.25) is 9.59 Å². The number of nitrogens with one attached hydrogen (secondary N) is 1. The van der Waals surface area contributed by atoms with E-state index in [4.69, 9.17) is 11.6 Å². The van der Waals surface area contributed by atoms with Crippen LogP contribution in [0.5, 0.6) is 0 Å². The summed E-state index contributed by atoms with van der Waals surface area (Å²) in [6.45, 7) is 3.20. The molecule has 1 saturated heterocycles. The van der Waals surface area contributed by atoms with Crippen LogP contribution in [0.2, 0.25) is 5.02 Å². The standard InChI is InChI=1S/C22H22ClF3N2O3/c1-12-9-15(4-6-18(12)24)27-20(30)14-3-5-17(23)16(10-14)22(25,26)21(31)28-8-7-19(29)13(2)11-28/h3-6,9-10,13,19,29H,7-8,11H2,1-2H3,(H,27,30)/t13-,19+/m1/s1. The average molecular weight is 455 g/mol. The van der Waals surface area contributed by atoms with E-state index in [0.29, 0.717) is 11.3 Å². The van der Waals surface area contributed by atoms with Crippen LogP contribution in [0.3, 0.4) is 0 Å². The number of piperidine rings is 1. The van der Waals surface area contributed by atoms with Crippen molar-refractivity contribution in [2.24, 2.45) is 5.92 Å². The minimum Gasteiger partial charge on any atom is -0.393 e. The van der Waals surface area contributed by atoms with E-state index in [0.717, 1.165) is 17.0 Å². The number of amides is 2. The molecular weight excluding hydrogens is 433 g/mol. The molecule has 1 aliphatic rings. The molecule has 2 atom stereocenters. The minimum absolute atomic E-state index is 0.00163. The molecule has 3 rings (SSSR count). The number of anilines is 1. The molecule has 31 heavy (non-hydrogen) atoms. The highest BCUT2D eigenvalue weighted by atomic mass is 35.5. The van der Waals surface area contributed by atoms with Crippen molar-refractivity contribution in [3.8, 4) is 0 Å². The summed E-state index contributed by atoms with van der Waals surface area (Å²) in [6.07, 6.45) is -0.445. The number of likely N-dealkylation sites (tertiary alicyclic amines) is 1. The van der Waals surface area contributed by atoms with Crippen molar-refractivity contribution in [2.75, 3.05) is 18.4 Å². The molecule has 0 aromatic heterocycles. The van der Waals surface area contributed by atoms with E-state index in [1.165, 1.54) is 31.2 Å². The molecule has 2 aromatic rings. The number of aryl methyl sites for hydroxylation is 1. The summed E-state index contributed by atoms with van der Waals surface area (Å²) in [4.78, 5) is 26.1. The van der Waals surface area contributed by atoms with Crippen LogP contribution in [0.25, 0.3) is 0 Å². The maximum absolute atomic E-state index is 15.1. The highest BCUT2D eigenvalue weighted by Gasteiger charge is 2.47. The molecule has 0 radical (unpaired) electrons. The summed E-state index contributed by atoms with van der Waals surface area (Å²) in [5.74, 6) is -6.87. The fourth-order valence-corrected chi connectivity index (χ4v) is 3.70. The number of aliphatic hydroxyl groups is 1. The van der Waals surface area contributed by atoms with E-state index < -0.39 is 35.2 Å². The number of hydrogen-bond donors (Lipinski definition) is 2. The summed E-state index contributed by atoms with van der Waals surface area (Å²) in [7, 11) is 0. The maximum atomic E-state index is 15.1. The van der Waals surface area contributed by atoms with Crippen LogP contribution in [0, 0.1) is 18.7 Å². The van der Waals surface area contributed by atoms with E-state index in [1.807, 2.05) is 0 Å². The maximum Gasteiger partial charge on any atom is 0.351 e. The van der Waals surface area contributed by atoms with Gasteiger partial charge in [-0.25, -0.2) is 4.39 Å². The molecule has 0 saturated carbocycles. The summed E-state index contributed by atoms with van der Waals surface area (Å²) >= 11 is 5.95. The molecule has 1 fully saturated rings. The Kier molecular flexibility index (Phi) is 6.62. The van der Waals surface area contributed by atoms with Crippen molar-refractivity contribution in [1.82, 2.24) is 4.90 Å². The summed E-state index contributed by atoms with van der Waals surface area (Å²) in [5.41, 5.74) is -0.297. The Hall–Kier alpha value is -2.58. The number of halogens is 4. The van der Waals surface area contributed by atoms with Crippen LogP contribution in [-0.4, -0.2) is 41.0 Å². The molecule has 0 spiro atoms. The number of carbonyl (C=O) groups is 2. The molecule has 166 valence electrons. The smallest absolute Gasteiger partial charge is 0.351 e. The van der Waals surface area contributed by atoms with E-state index in [9.17, 15) is 19.1 Å². The first kappa shape index (κ1) is 23.1. The van der Waals surface area contributed by atoms with E-state index >= 15 is 8.78 Å². The van der Waals surface area contributed by atoms with E-state index in [1.54, 1.807) is 6.92 Å². The third-order valence-electron chi connectivity index (χ3n) is 5.40. The third-order valence-corrected chi connectivity index (χ3v) is 5.73. The van der Waals surface area contributed by atoms with Gasteiger partial charge in [-0.2, -0.15) is 8.78 Å². The van der Waals surface area contributed by atoms with Crippen molar-refractivity contribution in [3.63, 3.8) is 0 Å². The third kappa shape index (κ3) is 4.85. The van der Waals surface area contributed by atoms with Crippen LogP contribution in [0.4, 0.5) is 18.9 Å². The molecule has 0 bridgehead atoms. The SMILES string of the molecule is Cc1cc(NC(=O)c2ccc(Cl)c(C(F)(F)C(=O)N3CC[C@H](O)[C@H](C)C3)c2)ccc1F. The topological polar surface area (TPSA) is 69.6 Å². The molecule has 1 aliphatic heterocycles. The lowest BCUT2D eigenvalue weighted by Crippen LogP contribution is -2.50. The monoisotopic (exact) mass is 454 g/mol. The molecule has 5 nitrogen and oxygen atoms in total. The van der Waals surface area contributed by atoms with Gasteiger partial charge >= 0.3 is 5.92 Å². The molecule has 0 unspecified atom stereocenters. The molecule has 1 heterocycles. The first-order valence-electron chi connectivity index (χ1n) is 9.73. The van der Waals surface area contributed by atoms with E-state index in [-0.39, 0.29) is 36.0 Å². The van der Waals surface area contributed by atoms with Crippen LogP contribution in [0.15, 0.2) is 36.4 Å². The number of alkyl halides is 2. The van der Waals surface area contributed by atoms with Gasteiger partial charge in [0.15, 0.2) is 0 Å². The molecule has 9 heteroatoms. The van der Waals surface area contributed by atoms with Gasteiger partial charge in [0, 0.05) is 24.3 Å². The zero-order valence-electron chi connectivity index (χ0n) is 17.0. The normalized spacial score (nSPS) is 19.3. The number of rotatable bonds is 4. The molecular formula is C22H22ClF3N2O3. The van der Waals surface area contributed by atoms with Gasteiger partial charge in [-0.1, -0.05) is 18.5 Å². The van der Waals surface area contributed by atoms with Gasteiger partial charge in [0.1, 0.15) is 5.82 Å². The Morgan fingerprint density at radius 1 is 1.23 bits per heavy atom. The van der Waals surface area contributed by atoms with Gasteiger partial charge in [-0.05, 0) is 61.2 Å². The summed E-state index contributed by atoms with van der Waals surface area (Å²) in [5, 5.41) is 11.9. The highest BCUT2D eigenvalue weighted by Crippen LogP contribution is 2.37. The lowest BCUT2D eigenvalue weighted by Gasteiger charge is -2.36. The zero-order chi connectivity index (χ0) is 22.9. The number of aliphatic hydroxyl groups excluding tert-OH is 1. The quantitative estimate of drug-likeness (QED) is 0.721. The van der Waals surface area contributed by atoms with Crippen LogP contribution >= 0.6 is 11.6 Å². The fourth-order valence-electron chi connectivity index (χ4n) is 3.46. The number of hydrogen-bond acceptors (Lipinski definition) is 3. The second-order valence-electron chi connectivity index (χ2n) is 7.77. The van der Waals surface area contributed by atoms with Crippen molar-refractivity contribution in [2.45, 2.75) is 32.3 Å². The average Bonchev–Trinajstić information content (AvgIpc) is 2.72. The van der Waals surface area contributed by atoms with Crippen LogP contribution < -0.4 is 5.32 Å². The first-order valence-corrected chi connectivity index (χ1v) is 10.1. The van der Waals surface area contributed by atoms with Gasteiger partial charge in [0.25, 0.3) is 11.8 Å².